The highest BCUT2D eigenvalue weighted by molar-refractivity contribution is 7.91. The maximum Gasteiger partial charge on any atom is 0.244 e. The first-order valence-corrected chi connectivity index (χ1v) is 9.14. The molecule has 1 N–H and O–H groups in total. The van der Waals surface area contributed by atoms with Crippen LogP contribution in [0.3, 0.4) is 0 Å². The van der Waals surface area contributed by atoms with Crippen LogP contribution in [0.2, 0.25) is 0 Å². The number of nitrogens with zero attached hydrogens (tertiary/aromatic N) is 1. The topological polar surface area (TPSA) is 87.0 Å². The third-order valence-corrected chi connectivity index (χ3v) is 5.96. The second-order valence-corrected chi connectivity index (χ2v) is 7.91. The fourth-order valence-corrected chi connectivity index (χ4v) is 3.59. The highest BCUT2D eigenvalue weighted by Crippen LogP contribution is 2.36. The number of rotatable bonds is 4. The molecule has 1 saturated carbocycles. The summed E-state index contributed by atoms with van der Waals surface area (Å²) in [4.78, 5) is 12.6. The average molecular weight is 320 g/mol. The van der Waals surface area contributed by atoms with Gasteiger partial charge in [0.1, 0.15) is 5.41 Å². The van der Waals surface area contributed by atoms with Crippen LogP contribution in [0, 0.1) is 16.7 Å². The minimum Gasteiger partial charge on any atom is -0.325 e. The Balaban J connectivity index is 2.14. The van der Waals surface area contributed by atoms with Crippen molar-refractivity contribution in [1.29, 1.82) is 5.26 Å². The summed E-state index contributed by atoms with van der Waals surface area (Å²) in [6.45, 7) is 1.59. The Kier molecular flexibility index (Phi) is 4.87. The molecule has 22 heavy (non-hydrogen) atoms. The van der Waals surface area contributed by atoms with Crippen molar-refractivity contribution >= 4 is 21.4 Å². The van der Waals surface area contributed by atoms with Crippen molar-refractivity contribution in [2.45, 2.75) is 43.9 Å². The molecule has 1 amide bonds. The van der Waals surface area contributed by atoms with Gasteiger partial charge in [-0.2, -0.15) is 5.26 Å². The molecule has 0 aromatic heterocycles. The molecule has 1 fully saturated rings. The number of hydrogen-bond donors (Lipinski definition) is 1. The molecule has 0 saturated heterocycles. The van der Waals surface area contributed by atoms with Crippen LogP contribution in [-0.2, 0) is 14.6 Å². The fourth-order valence-electron chi connectivity index (χ4n) is 2.71. The normalized spacial score (nSPS) is 17.5. The van der Waals surface area contributed by atoms with Crippen LogP contribution in [0.5, 0.6) is 0 Å². The molecule has 2 rings (SSSR count). The van der Waals surface area contributed by atoms with Crippen LogP contribution in [0.15, 0.2) is 29.2 Å². The number of nitrogens with one attached hydrogen (secondary N) is 1. The summed E-state index contributed by atoms with van der Waals surface area (Å²) in [7, 11) is -3.25. The first kappa shape index (κ1) is 16.5. The fraction of sp³-hybridized carbons (Fsp3) is 0.500. The van der Waals surface area contributed by atoms with E-state index in [1.165, 1.54) is 12.1 Å². The monoisotopic (exact) mass is 320 g/mol. The van der Waals surface area contributed by atoms with E-state index in [4.69, 9.17) is 0 Å². The van der Waals surface area contributed by atoms with Gasteiger partial charge in [0, 0.05) is 5.69 Å². The minimum atomic E-state index is -3.25. The smallest absolute Gasteiger partial charge is 0.244 e. The number of carbonyl (C=O) groups is 1. The van der Waals surface area contributed by atoms with Crippen LogP contribution in [0.4, 0.5) is 5.69 Å². The maximum absolute atomic E-state index is 12.4. The van der Waals surface area contributed by atoms with Gasteiger partial charge in [-0.1, -0.05) is 26.2 Å². The maximum atomic E-state index is 12.4. The molecule has 118 valence electrons. The lowest BCUT2D eigenvalue weighted by molar-refractivity contribution is -0.124. The van der Waals surface area contributed by atoms with E-state index in [0.717, 1.165) is 19.3 Å². The molecule has 5 nitrogen and oxygen atoms in total. The molecule has 1 aromatic rings. The second kappa shape index (κ2) is 6.49. The van der Waals surface area contributed by atoms with E-state index in [1.54, 1.807) is 19.1 Å². The predicted molar refractivity (Wildman–Crippen MR) is 83.9 cm³/mol. The zero-order chi connectivity index (χ0) is 16.2. The summed E-state index contributed by atoms with van der Waals surface area (Å²) in [5.41, 5.74) is -0.438. The Hall–Kier alpha value is -1.87. The molecule has 1 aliphatic rings. The van der Waals surface area contributed by atoms with Crippen molar-refractivity contribution < 1.29 is 13.2 Å². The number of anilines is 1. The van der Waals surface area contributed by atoms with E-state index in [1.807, 2.05) is 0 Å². The summed E-state index contributed by atoms with van der Waals surface area (Å²) in [6.07, 6.45) is 3.98. The lowest BCUT2D eigenvalue weighted by Crippen LogP contribution is -2.36. The molecular weight excluding hydrogens is 300 g/mol. The third-order valence-electron chi connectivity index (χ3n) is 4.21. The molecule has 1 aromatic carbocycles. The molecule has 0 spiro atoms. The molecule has 6 heteroatoms. The van der Waals surface area contributed by atoms with Gasteiger partial charge in [0.15, 0.2) is 9.84 Å². The Bertz CT molecular complexity index is 681. The van der Waals surface area contributed by atoms with E-state index < -0.39 is 15.3 Å². The van der Waals surface area contributed by atoms with E-state index in [-0.39, 0.29) is 16.6 Å². The van der Waals surface area contributed by atoms with Crippen molar-refractivity contribution in [3.05, 3.63) is 24.3 Å². The standard InChI is InChI=1S/C16H20N2O3S/c1-2-22(20,21)14-8-6-13(7-9-14)18-15(19)16(12-17)10-4-3-5-11-16/h6-9H,2-5,10-11H2,1H3,(H,18,19). The number of benzene rings is 1. The summed E-state index contributed by atoms with van der Waals surface area (Å²) in [6, 6.07) is 8.26. The number of carbonyl (C=O) groups excluding carboxylic acids is 1. The molecule has 0 atom stereocenters. The SMILES string of the molecule is CCS(=O)(=O)c1ccc(NC(=O)C2(C#N)CCCCC2)cc1. The van der Waals surface area contributed by atoms with Crippen molar-refractivity contribution in [2.24, 2.45) is 5.41 Å². The van der Waals surface area contributed by atoms with Gasteiger partial charge in [-0.05, 0) is 37.1 Å². The van der Waals surface area contributed by atoms with Gasteiger partial charge in [-0.25, -0.2) is 8.42 Å². The summed E-state index contributed by atoms with van der Waals surface area (Å²) >= 11 is 0. The first-order chi connectivity index (χ1) is 10.4. The number of sulfone groups is 1. The molecule has 0 unspecified atom stereocenters. The zero-order valence-corrected chi connectivity index (χ0v) is 13.4. The van der Waals surface area contributed by atoms with Gasteiger partial charge < -0.3 is 5.32 Å². The van der Waals surface area contributed by atoms with Gasteiger partial charge in [-0.3, -0.25) is 4.79 Å². The van der Waals surface area contributed by atoms with Crippen LogP contribution < -0.4 is 5.32 Å². The van der Waals surface area contributed by atoms with Gasteiger partial charge in [-0.15, -0.1) is 0 Å². The first-order valence-electron chi connectivity index (χ1n) is 7.49. The van der Waals surface area contributed by atoms with Gasteiger partial charge in [0.25, 0.3) is 0 Å². The molecule has 1 aliphatic carbocycles. The average Bonchev–Trinajstić information content (AvgIpc) is 2.56. The highest BCUT2D eigenvalue weighted by atomic mass is 32.2. The van der Waals surface area contributed by atoms with Crippen molar-refractivity contribution in [1.82, 2.24) is 0 Å². The van der Waals surface area contributed by atoms with Crippen LogP contribution in [0.25, 0.3) is 0 Å². The van der Waals surface area contributed by atoms with Gasteiger partial charge in [0.2, 0.25) is 5.91 Å². The van der Waals surface area contributed by atoms with E-state index in [0.29, 0.717) is 18.5 Å². The summed E-state index contributed by atoms with van der Waals surface area (Å²) in [5.74, 6) is -0.253. The van der Waals surface area contributed by atoms with Crippen LogP contribution in [0.1, 0.15) is 39.0 Å². The molecule has 0 aliphatic heterocycles. The third kappa shape index (κ3) is 3.30. The number of amides is 1. The Morgan fingerprint density at radius 1 is 1.23 bits per heavy atom. The van der Waals surface area contributed by atoms with Crippen molar-refractivity contribution in [3.8, 4) is 6.07 Å². The Labute approximate surface area is 131 Å². The molecule has 0 bridgehead atoms. The minimum absolute atomic E-state index is 0.0379. The van der Waals surface area contributed by atoms with E-state index in [2.05, 4.69) is 11.4 Å². The van der Waals surface area contributed by atoms with E-state index in [9.17, 15) is 18.5 Å². The number of hydrogen-bond acceptors (Lipinski definition) is 4. The van der Waals surface area contributed by atoms with Crippen LogP contribution in [-0.4, -0.2) is 20.1 Å². The molecule has 0 radical (unpaired) electrons. The Morgan fingerprint density at radius 3 is 2.32 bits per heavy atom. The largest absolute Gasteiger partial charge is 0.325 e. The van der Waals surface area contributed by atoms with E-state index >= 15 is 0 Å². The quantitative estimate of drug-likeness (QED) is 0.924. The van der Waals surface area contributed by atoms with Crippen LogP contribution >= 0.6 is 0 Å². The van der Waals surface area contributed by atoms with Gasteiger partial charge >= 0.3 is 0 Å². The summed E-state index contributed by atoms with van der Waals surface area (Å²) in [5, 5.41) is 12.1. The lowest BCUT2D eigenvalue weighted by Gasteiger charge is -2.29. The highest BCUT2D eigenvalue weighted by Gasteiger charge is 2.39. The predicted octanol–water partition coefficient (Wildman–Crippen LogP) is 2.89. The zero-order valence-electron chi connectivity index (χ0n) is 12.6. The van der Waals surface area contributed by atoms with Crippen molar-refractivity contribution in [3.63, 3.8) is 0 Å². The lowest BCUT2D eigenvalue weighted by atomic mass is 9.74. The van der Waals surface area contributed by atoms with Gasteiger partial charge in [0.05, 0.1) is 16.7 Å². The van der Waals surface area contributed by atoms with Crippen molar-refractivity contribution in [2.75, 3.05) is 11.1 Å². The second-order valence-electron chi connectivity index (χ2n) is 5.64. The molecule has 0 heterocycles. The number of nitriles is 1. The Morgan fingerprint density at radius 2 is 1.82 bits per heavy atom. The summed E-state index contributed by atoms with van der Waals surface area (Å²) < 4.78 is 23.5. The molecular formula is C16H20N2O3S.